The number of aliphatic imine (C=N–C) groups is 1. The van der Waals surface area contributed by atoms with Crippen LogP contribution in [0.5, 0.6) is 0 Å². The van der Waals surface area contributed by atoms with Gasteiger partial charge >= 0.3 is 0 Å². The first-order valence-electron chi connectivity index (χ1n) is 13.0. The Morgan fingerprint density at radius 3 is 2.56 bits per heavy atom. The van der Waals surface area contributed by atoms with Gasteiger partial charge in [-0.15, -0.1) is 0 Å². The van der Waals surface area contributed by atoms with Gasteiger partial charge < -0.3 is 20.3 Å². The van der Waals surface area contributed by atoms with E-state index in [0.29, 0.717) is 35.9 Å². The smallest absolute Gasteiger partial charge is 0.293 e. The molecule has 1 unspecified atom stereocenters. The van der Waals surface area contributed by atoms with Crippen molar-refractivity contribution in [2.45, 2.75) is 58.5 Å². The molecule has 0 radical (unpaired) electrons. The van der Waals surface area contributed by atoms with Crippen molar-refractivity contribution in [2.24, 2.45) is 16.1 Å². The Bertz CT molecular complexity index is 931. The number of nitrogens with zero attached hydrogens (tertiary/aromatic N) is 5. The Kier molecular flexibility index (Phi) is 9.47. The number of ether oxygens (including phenoxy) is 1. The van der Waals surface area contributed by atoms with Gasteiger partial charge in [-0.2, -0.15) is 0 Å². The molecule has 1 aromatic rings. The topological polar surface area (TPSA) is 87.3 Å². The van der Waals surface area contributed by atoms with E-state index < -0.39 is 0 Å². The predicted molar refractivity (Wildman–Crippen MR) is 144 cm³/mol. The lowest BCUT2D eigenvalue weighted by molar-refractivity contribution is -0.128. The number of rotatable bonds is 6. The van der Waals surface area contributed by atoms with E-state index in [-0.39, 0.29) is 11.4 Å². The fourth-order valence-electron chi connectivity index (χ4n) is 5.58. The van der Waals surface area contributed by atoms with Crippen molar-refractivity contribution in [1.82, 2.24) is 14.8 Å². The van der Waals surface area contributed by atoms with E-state index >= 15 is 0 Å². The monoisotopic (exact) mass is 502 g/mol. The summed E-state index contributed by atoms with van der Waals surface area (Å²) in [7, 11) is 2.22. The highest BCUT2D eigenvalue weighted by Gasteiger charge is 2.48. The molecule has 1 atom stereocenters. The van der Waals surface area contributed by atoms with Gasteiger partial charge in [0.2, 0.25) is 0 Å². The molecule has 3 aliphatic rings. The van der Waals surface area contributed by atoms with E-state index in [2.05, 4.69) is 36.5 Å². The maximum absolute atomic E-state index is 14.1. The van der Waals surface area contributed by atoms with Crippen LogP contribution in [0.3, 0.4) is 0 Å². The summed E-state index contributed by atoms with van der Waals surface area (Å²) in [6.45, 7) is 15.0. The zero-order valence-electron chi connectivity index (χ0n) is 22.5. The van der Waals surface area contributed by atoms with Crippen LogP contribution in [-0.2, 0) is 9.53 Å². The fraction of sp³-hybridized carbons (Fsp3) is 0.667. The highest BCUT2D eigenvalue weighted by molar-refractivity contribution is 5.85. The minimum atomic E-state index is -0.329. The SMILES string of the molecule is CCOC=O.CN1CC2(CCC(N3CCN(c4cc(F)cnc4/C(N)=C/C=NC(C)(C)C)CC3)C2)C1. The molecule has 0 bridgehead atoms. The standard InChI is InChI=1S/C24H37FN6.C3H6O2/c1-23(2,3)28-8-6-20(26)22-21(13-18(25)15-27-22)31-11-9-30(10-12-31)19-5-7-24(14-19)16-29(4)17-24;1-2-5-3-4/h6,8,13,15,19H,5,7,9-12,14,16-17,26H2,1-4H3;3H,2H2,1H3/b20-6-,28-8?;. The Morgan fingerprint density at radius 1 is 1.31 bits per heavy atom. The van der Waals surface area contributed by atoms with Crippen molar-refractivity contribution >= 4 is 24.1 Å². The van der Waals surface area contributed by atoms with Crippen molar-refractivity contribution in [2.75, 3.05) is 57.8 Å². The Labute approximate surface area is 215 Å². The molecule has 2 saturated heterocycles. The second-order valence-corrected chi connectivity index (χ2v) is 11.2. The summed E-state index contributed by atoms with van der Waals surface area (Å²) < 4.78 is 18.2. The molecule has 9 heteroatoms. The third kappa shape index (κ3) is 7.49. The average Bonchev–Trinajstić information content (AvgIpc) is 3.24. The third-order valence-corrected chi connectivity index (χ3v) is 7.12. The number of halogens is 1. The van der Waals surface area contributed by atoms with Crippen LogP contribution >= 0.6 is 0 Å². The number of allylic oxidation sites excluding steroid dienone is 1. The lowest BCUT2D eigenvalue weighted by atomic mass is 9.78. The van der Waals surface area contributed by atoms with Crippen LogP contribution < -0.4 is 10.6 Å². The molecule has 4 rings (SSSR count). The minimum Gasteiger partial charge on any atom is -0.468 e. The summed E-state index contributed by atoms with van der Waals surface area (Å²) in [4.78, 5) is 25.3. The molecule has 8 nitrogen and oxygen atoms in total. The summed E-state index contributed by atoms with van der Waals surface area (Å²) in [6.07, 6.45) is 8.72. The molecule has 3 fully saturated rings. The lowest BCUT2D eigenvalue weighted by Crippen LogP contribution is -2.54. The molecule has 1 aliphatic carbocycles. The fourth-order valence-corrected chi connectivity index (χ4v) is 5.58. The third-order valence-electron chi connectivity index (χ3n) is 7.12. The summed E-state index contributed by atoms with van der Waals surface area (Å²) in [6, 6.07) is 2.26. The second-order valence-electron chi connectivity index (χ2n) is 11.2. The van der Waals surface area contributed by atoms with Crippen LogP contribution in [-0.4, -0.2) is 92.0 Å². The lowest BCUT2D eigenvalue weighted by Gasteiger charge is -2.47. The van der Waals surface area contributed by atoms with Crippen molar-refractivity contribution in [3.05, 3.63) is 29.9 Å². The molecule has 200 valence electrons. The summed E-state index contributed by atoms with van der Waals surface area (Å²) in [5, 5.41) is 0. The molecular weight excluding hydrogens is 459 g/mol. The Hall–Kier alpha value is -2.52. The quantitative estimate of drug-likeness (QED) is 0.472. The van der Waals surface area contributed by atoms with Gasteiger partial charge in [-0.25, -0.2) is 9.37 Å². The van der Waals surface area contributed by atoms with Crippen molar-refractivity contribution in [1.29, 1.82) is 0 Å². The number of carbonyl (C=O) groups excluding carboxylic acids is 1. The van der Waals surface area contributed by atoms with E-state index in [1.165, 1.54) is 38.5 Å². The maximum Gasteiger partial charge on any atom is 0.293 e. The summed E-state index contributed by atoms with van der Waals surface area (Å²) in [5.74, 6) is -0.329. The van der Waals surface area contributed by atoms with Crippen LogP contribution in [0.4, 0.5) is 10.1 Å². The number of hydrogen-bond donors (Lipinski definition) is 1. The van der Waals surface area contributed by atoms with Gasteiger partial charge in [0.15, 0.2) is 0 Å². The van der Waals surface area contributed by atoms with Crippen LogP contribution in [0.2, 0.25) is 0 Å². The van der Waals surface area contributed by atoms with Crippen LogP contribution in [0, 0.1) is 11.2 Å². The number of pyridine rings is 1. The molecule has 1 aromatic heterocycles. The summed E-state index contributed by atoms with van der Waals surface area (Å²) in [5.41, 5.74) is 8.64. The Balaban J connectivity index is 0.000000658. The van der Waals surface area contributed by atoms with Crippen LogP contribution in [0.1, 0.15) is 52.7 Å². The van der Waals surface area contributed by atoms with Gasteiger partial charge in [-0.1, -0.05) is 0 Å². The normalized spacial score (nSPS) is 22.9. The molecule has 2 N–H and O–H groups in total. The maximum atomic E-state index is 14.1. The minimum absolute atomic E-state index is 0.167. The molecule has 1 saturated carbocycles. The first kappa shape index (κ1) is 28.1. The number of aromatic nitrogens is 1. The molecule has 0 aromatic carbocycles. The van der Waals surface area contributed by atoms with Crippen molar-refractivity contribution < 1.29 is 13.9 Å². The number of hydrogen-bond acceptors (Lipinski definition) is 8. The molecule has 36 heavy (non-hydrogen) atoms. The zero-order chi connectivity index (χ0) is 26.3. The zero-order valence-corrected chi connectivity index (χ0v) is 22.5. The van der Waals surface area contributed by atoms with Crippen LogP contribution in [0.25, 0.3) is 5.70 Å². The Morgan fingerprint density at radius 2 is 2.00 bits per heavy atom. The highest BCUT2D eigenvalue weighted by Crippen LogP contribution is 2.46. The molecule has 2 aliphatic heterocycles. The first-order chi connectivity index (χ1) is 17.1. The van der Waals surface area contributed by atoms with Gasteiger partial charge in [-0.05, 0) is 65.5 Å². The van der Waals surface area contributed by atoms with Crippen molar-refractivity contribution in [3.8, 4) is 0 Å². The average molecular weight is 503 g/mol. The number of carbonyl (C=O) groups is 1. The largest absolute Gasteiger partial charge is 0.468 e. The van der Waals surface area contributed by atoms with E-state index in [1.54, 1.807) is 25.3 Å². The van der Waals surface area contributed by atoms with E-state index in [9.17, 15) is 9.18 Å². The van der Waals surface area contributed by atoms with E-state index in [4.69, 9.17) is 5.73 Å². The van der Waals surface area contributed by atoms with Gasteiger partial charge in [0.1, 0.15) is 11.5 Å². The number of likely N-dealkylation sites (tertiary alicyclic amines) is 1. The predicted octanol–water partition coefficient (Wildman–Crippen LogP) is 3.18. The number of piperazine rings is 1. The van der Waals surface area contributed by atoms with Crippen LogP contribution in [0.15, 0.2) is 23.3 Å². The highest BCUT2D eigenvalue weighted by atomic mass is 19.1. The molecule has 3 heterocycles. The molecule has 1 spiro atoms. The van der Waals surface area contributed by atoms with E-state index in [1.807, 2.05) is 20.8 Å². The number of nitrogens with two attached hydrogens (primary N) is 1. The molecule has 0 amide bonds. The summed E-state index contributed by atoms with van der Waals surface area (Å²) >= 11 is 0. The van der Waals surface area contributed by atoms with Gasteiger partial charge in [0.25, 0.3) is 6.47 Å². The second kappa shape index (κ2) is 12.1. The van der Waals surface area contributed by atoms with Crippen molar-refractivity contribution in [3.63, 3.8) is 0 Å². The van der Waals surface area contributed by atoms with Gasteiger partial charge in [-0.3, -0.25) is 14.7 Å². The van der Waals surface area contributed by atoms with E-state index in [0.717, 1.165) is 31.9 Å². The number of anilines is 1. The van der Waals surface area contributed by atoms with Gasteiger partial charge in [0.05, 0.1) is 29.7 Å². The molecular formula is C27H43FN6O2. The van der Waals surface area contributed by atoms with Gasteiger partial charge in [0, 0.05) is 57.6 Å². The first-order valence-corrected chi connectivity index (χ1v) is 13.0.